The minimum absolute atomic E-state index is 0.0696. The maximum absolute atomic E-state index is 13.1. The molecule has 7 nitrogen and oxygen atoms in total. The predicted octanol–water partition coefficient (Wildman–Crippen LogP) is 3.09. The topological polar surface area (TPSA) is 82.1 Å². The molecule has 0 atom stereocenters. The van der Waals surface area contributed by atoms with Gasteiger partial charge in [0.25, 0.3) is 0 Å². The lowest BCUT2D eigenvalue weighted by Crippen LogP contribution is -2.40. The van der Waals surface area contributed by atoms with Crippen molar-refractivity contribution < 1.29 is 27.4 Å². The standard InChI is InChI=1S/C22H21NO6S/c1-27-20-9-7-18(15-21(20)30(25,26)23-10-12-28-13-11-23)22(24)29-19-8-6-16-4-2-3-5-17(16)14-19/h2-9,14-15H,10-13H2,1H3. The van der Waals surface area contributed by atoms with E-state index in [1.807, 2.05) is 30.3 Å². The van der Waals surface area contributed by atoms with Crippen molar-refractivity contribution in [3.05, 3.63) is 66.2 Å². The fraction of sp³-hybridized carbons (Fsp3) is 0.227. The van der Waals surface area contributed by atoms with Crippen LogP contribution in [0.1, 0.15) is 10.4 Å². The molecule has 0 unspecified atom stereocenters. The van der Waals surface area contributed by atoms with Gasteiger partial charge in [-0.25, -0.2) is 13.2 Å². The van der Waals surface area contributed by atoms with Crippen LogP contribution >= 0.6 is 0 Å². The summed E-state index contributed by atoms with van der Waals surface area (Å²) < 4.78 is 43.5. The number of sulfonamides is 1. The van der Waals surface area contributed by atoms with E-state index >= 15 is 0 Å². The Labute approximate surface area is 174 Å². The van der Waals surface area contributed by atoms with E-state index in [0.717, 1.165) is 10.8 Å². The predicted molar refractivity (Wildman–Crippen MR) is 111 cm³/mol. The molecular weight excluding hydrogens is 406 g/mol. The number of esters is 1. The van der Waals surface area contributed by atoms with Crippen molar-refractivity contribution in [2.24, 2.45) is 0 Å². The summed E-state index contributed by atoms with van der Waals surface area (Å²) in [6, 6.07) is 17.3. The Hall–Kier alpha value is -2.94. The largest absolute Gasteiger partial charge is 0.495 e. The third-order valence-corrected chi connectivity index (χ3v) is 6.84. The molecule has 0 saturated carbocycles. The van der Waals surface area contributed by atoms with Crippen molar-refractivity contribution >= 4 is 26.8 Å². The van der Waals surface area contributed by atoms with Gasteiger partial charge in [-0.1, -0.05) is 30.3 Å². The van der Waals surface area contributed by atoms with Gasteiger partial charge < -0.3 is 14.2 Å². The van der Waals surface area contributed by atoms with Gasteiger partial charge in [0.15, 0.2) is 0 Å². The molecular formula is C22H21NO6S. The van der Waals surface area contributed by atoms with Gasteiger partial charge in [-0.3, -0.25) is 0 Å². The molecule has 1 saturated heterocycles. The van der Waals surface area contributed by atoms with Crippen LogP contribution in [0, 0.1) is 0 Å². The zero-order valence-electron chi connectivity index (χ0n) is 16.4. The first-order chi connectivity index (χ1) is 14.5. The van der Waals surface area contributed by atoms with Gasteiger partial charge in [0.2, 0.25) is 10.0 Å². The van der Waals surface area contributed by atoms with Crippen molar-refractivity contribution in [1.82, 2.24) is 4.31 Å². The summed E-state index contributed by atoms with van der Waals surface area (Å²) in [6.07, 6.45) is 0. The molecule has 156 valence electrons. The molecule has 30 heavy (non-hydrogen) atoms. The van der Waals surface area contributed by atoms with Crippen molar-refractivity contribution in [2.45, 2.75) is 4.90 Å². The Kier molecular flexibility index (Phi) is 5.72. The average molecular weight is 427 g/mol. The minimum atomic E-state index is -3.84. The summed E-state index contributed by atoms with van der Waals surface area (Å²) in [6.45, 7) is 1.14. The third kappa shape index (κ3) is 4.02. The monoisotopic (exact) mass is 427 g/mol. The summed E-state index contributed by atoms with van der Waals surface area (Å²) in [5, 5.41) is 1.97. The number of ether oxygens (including phenoxy) is 3. The Morgan fingerprint density at radius 2 is 1.70 bits per heavy atom. The van der Waals surface area contributed by atoms with Crippen LogP contribution in [-0.2, 0) is 14.8 Å². The molecule has 3 aromatic carbocycles. The molecule has 0 N–H and O–H groups in total. The highest BCUT2D eigenvalue weighted by atomic mass is 32.2. The summed E-state index contributed by atoms with van der Waals surface area (Å²) in [5.41, 5.74) is 0.121. The highest BCUT2D eigenvalue weighted by Gasteiger charge is 2.30. The average Bonchev–Trinajstić information content (AvgIpc) is 2.79. The first kappa shape index (κ1) is 20.3. The Bertz CT molecular complexity index is 1190. The third-order valence-electron chi connectivity index (χ3n) is 4.92. The van der Waals surface area contributed by atoms with E-state index in [1.54, 1.807) is 12.1 Å². The van der Waals surface area contributed by atoms with Crippen LogP contribution in [0.4, 0.5) is 0 Å². The van der Waals surface area contributed by atoms with Gasteiger partial charge in [-0.15, -0.1) is 0 Å². The number of carbonyl (C=O) groups excluding carboxylic acids is 1. The maximum atomic E-state index is 13.1. The van der Waals surface area contributed by atoms with Gasteiger partial charge in [-0.05, 0) is 41.1 Å². The van der Waals surface area contributed by atoms with Gasteiger partial charge in [0.05, 0.1) is 25.9 Å². The Morgan fingerprint density at radius 3 is 2.43 bits per heavy atom. The summed E-state index contributed by atoms with van der Waals surface area (Å²) in [4.78, 5) is 12.6. The second-order valence-corrected chi connectivity index (χ2v) is 8.69. The summed E-state index contributed by atoms with van der Waals surface area (Å²) >= 11 is 0. The van der Waals surface area contributed by atoms with Crippen molar-refractivity contribution in [2.75, 3.05) is 33.4 Å². The quantitative estimate of drug-likeness (QED) is 0.460. The first-order valence-electron chi connectivity index (χ1n) is 9.46. The van der Waals surface area contributed by atoms with Gasteiger partial charge in [0, 0.05) is 13.1 Å². The molecule has 0 amide bonds. The Balaban J connectivity index is 1.63. The van der Waals surface area contributed by atoms with Crippen LogP contribution < -0.4 is 9.47 Å². The lowest BCUT2D eigenvalue weighted by atomic mass is 10.1. The molecule has 0 aromatic heterocycles. The Morgan fingerprint density at radius 1 is 0.967 bits per heavy atom. The molecule has 4 rings (SSSR count). The van der Waals surface area contributed by atoms with Crippen molar-refractivity contribution in [3.63, 3.8) is 0 Å². The van der Waals surface area contributed by atoms with Crippen molar-refractivity contribution in [1.29, 1.82) is 0 Å². The van der Waals surface area contributed by atoms with E-state index in [1.165, 1.54) is 29.6 Å². The van der Waals surface area contributed by atoms with E-state index in [0.29, 0.717) is 19.0 Å². The van der Waals surface area contributed by atoms with Crippen molar-refractivity contribution in [3.8, 4) is 11.5 Å². The van der Waals surface area contributed by atoms with Crippen LogP contribution in [0.15, 0.2) is 65.6 Å². The molecule has 0 radical (unpaired) electrons. The van der Waals surface area contributed by atoms with E-state index < -0.39 is 16.0 Å². The highest BCUT2D eigenvalue weighted by Crippen LogP contribution is 2.29. The first-order valence-corrected chi connectivity index (χ1v) is 10.9. The van der Waals surface area contributed by atoms with Crippen LogP contribution in [0.5, 0.6) is 11.5 Å². The maximum Gasteiger partial charge on any atom is 0.343 e. The number of nitrogens with zero attached hydrogens (tertiary/aromatic N) is 1. The zero-order valence-corrected chi connectivity index (χ0v) is 17.2. The van der Waals surface area contributed by atoms with E-state index in [4.69, 9.17) is 14.2 Å². The van der Waals surface area contributed by atoms with Crippen LogP contribution in [-0.4, -0.2) is 52.1 Å². The van der Waals surface area contributed by atoms with Gasteiger partial charge >= 0.3 is 5.97 Å². The number of fused-ring (bicyclic) bond motifs is 1. The minimum Gasteiger partial charge on any atom is -0.495 e. The lowest BCUT2D eigenvalue weighted by molar-refractivity contribution is 0.0726. The number of benzene rings is 3. The molecule has 0 aliphatic carbocycles. The van der Waals surface area contributed by atoms with Gasteiger partial charge in [-0.2, -0.15) is 4.31 Å². The number of carbonyl (C=O) groups is 1. The molecule has 1 fully saturated rings. The molecule has 0 spiro atoms. The summed E-state index contributed by atoms with van der Waals surface area (Å²) in [5.74, 6) is -0.0952. The molecule has 0 bridgehead atoms. The smallest absolute Gasteiger partial charge is 0.343 e. The highest BCUT2D eigenvalue weighted by molar-refractivity contribution is 7.89. The number of hydrogen-bond donors (Lipinski definition) is 0. The van der Waals surface area contributed by atoms with Gasteiger partial charge in [0.1, 0.15) is 16.4 Å². The second kappa shape index (κ2) is 8.43. The fourth-order valence-electron chi connectivity index (χ4n) is 3.33. The molecule has 8 heteroatoms. The SMILES string of the molecule is COc1ccc(C(=O)Oc2ccc3ccccc3c2)cc1S(=O)(=O)N1CCOCC1. The molecule has 3 aromatic rings. The zero-order chi connectivity index (χ0) is 21.1. The van der Waals surface area contributed by atoms with E-state index in [-0.39, 0.29) is 29.3 Å². The normalized spacial score (nSPS) is 15.1. The fourth-order valence-corrected chi connectivity index (χ4v) is 4.92. The van der Waals surface area contributed by atoms with E-state index in [9.17, 15) is 13.2 Å². The second-order valence-electron chi connectivity index (χ2n) is 6.78. The molecule has 1 heterocycles. The van der Waals surface area contributed by atoms with E-state index in [2.05, 4.69) is 0 Å². The molecule has 1 aliphatic heterocycles. The molecule has 1 aliphatic rings. The van der Waals surface area contributed by atoms with Crippen LogP contribution in [0.25, 0.3) is 10.8 Å². The number of hydrogen-bond acceptors (Lipinski definition) is 6. The number of rotatable bonds is 5. The number of methoxy groups -OCH3 is 1. The number of morpholine rings is 1. The summed E-state index contributed by atoms with van der Waals surface area (Å²) in [7, 11) is -2.45. The lowest BCUT2D eigenvalue weighted by Gasteiger charge is -2.26. The van der Waals surface area contributed by atoms with Crippen LogP contribution in [0.3, 0.4) is 0 Å². The van der Waals surface area contributed by atoms with Crippen LogP contribution in [0.2, 0.25) is 0 Å².